The van der Waals surface area contributed by atoms with Gasteiger partial charge in [0.2, 0.25) is 0 Å². The lowest BCUT2D eigenvalue weighted by atomic mass is 9.82. The average molecular weight is 513 g/mol. The Kier molecular flexibility index (Phi) is 9.74. The average Bonchev–Trinajstić information content (AvgIpc) is 2.96. The summed E-state index contributed by atoms with van der Waals surface area (Å²) in [6, 6.07) is 15.3. The predicted octanol–water partition coefficient (Wildman–Crippen LogP) is 5.14. The van der Waals surface area contributed by atoms with E-state index in [1.165, 1.54) is 0 Å². The van der Waals surface area contributed by atoms with Gasteiger partial charge in [0, 0.05) is 48.8 Å². The molecule has 0 saturated carbocycles. The fraction of sp³-hybridized carbons (Fsp3) is 0.379. The fourth-order valence-electron chi connectivity index (χ4n) is 4.53. The number of methoxy groups -OCH3 is 8. The van der Waals surface area contributed by atoms with E-state index >= 15 is 0 Å². The number of ether oxygens (including phenoxy) is 8. The topological polar surface area (TPSA) is 73.8 Å². The highest BCUT2D eigenvalue weighted by molar-refractivity contribution is 5.54. The second-order valence-electron chi connectivity index (χ2n) is 8.19. The van der Waals surface area contributed by atoms with Crippen molar-refractivity contribution in [2.24, 2.45) is 0 Å². The summed E-state index contributed by atoms with van der Waals surface area (Å²) in [5.74, 6) is 4.29. The van der Waals surface area contributed by atoms with Crippen LogP contribution >= 0.6 is 0 Å². The molecule has 0 amide bonds. The monoisotopic (exact) mass is 512 g/mol. The second-order valence-corrected chi connectivity index (χ2v) is 8.19. The summed E-state index contributed by atoms with van der Waals surface area (Å²) in [6.07, 6.45) is 0.123. The van der Waals surface area contributed by atoms with Crippen LogP contribution in [-0.2, 0) is 11.2 Å². The van der Waals surface area contributed by atoms with Gasteiger partial charge in [-0.15, -0.1) is 0 Å². The Labute approximate surface area is 218 Å². The maximum Gasteiger partial charge on any atom is 0.161 e. The molecule has 3 aromatic carbocycles. The Hall–Kier alpha value is -3.78. The van der Waals surface area contributed by atoms with Gasteiger partial charge >= 0.3 is 0 Å². The summed E-state index contributed by atoms with van der Waals surface area (Å²) in [5.41, 5.74) is 2.74. The Morgan fingerprint density at radius 3 is 1.59 bits per heavy atom. The number of benzene rings is 3. The molecule has 0 saturated heterocycles. The number of hydrogen-bond donors (Lipinski definition) is 0. The molecule has 0 aliphatic rings. The van der Waals surface area contributed by atoms with E-state index in [0.717, 1.165) is 16.7 Å². The summed E-state index contributed by atoms with van der Waals surface area (Å²) < 4.78 is 45.3. The van der Waals surface area contributed by atoms with E-state index in [9.17, 15) is 0 Å². The normalized spacial score (nSPS) is 12.3. The molecule has 8 heteroatoms. The lowest BCUT2D eigenvalue weighted by molar-refractivity contribution is 0.0872. The van der Waals surface area contributed by atoms with Crippen LogP contribution in [-0.4, -0.2) is 63.0 Å². The van der Waals surface area contributed by atoms with E-state index in [1.54, 1.807) is 56.9 Å². The molecule has 37 heavy (non-hydrogen) atoms. The standard InChI is InChI=1S/C29H36O8/c1-30-19-10-11-21(24(14-19)33-4)29(18-9-12-23(32-3)27(13-18)36-7)28(37-8)17-22-25(34-5)15-20(31-2)16-26(22)35-6/h9-16,28-29H,17H2,1-8H3. The summed E-state index contributed by atoms with van der Waals surface area (Å²) >= 11 is 0. The summed E-state index contributed by atoms with van der Waals surface area (Å²) in [5, 5.41) is 0. The van der Waals surface area contributed by atoms with Gasteiger partial charge in [-0.2, -0.15) is 0 Å². The first kappa shape index (κ1) is 27.8. The van der Waals surface area contributed by atoms with Crippen LogP contribution in [0.2, 0.25) is 0 Å². The molecule has 0 spiro atoms. The van der Waals surface area contributed by atoms with Crippen molar-refractivity contribution in [2.45, 2.75) is 18.4 Å². The predicted molar refractivity (Wildman–Crippen MR) is 142 cm³/mol. The summed E-state index contributed by atoms with van der Waals surface area (Å²) in [7, 11) is 13.0. The van der Waals surface area contributed by atoms with E-state index < -0.39 is 0 Å². The van der Waals surface area contributed by atoms with Gasteiger partial charge in [-0.05, 0) is 23.8 Å². The highest BCUT2D eigenvalue weighted by atomic mass is 16.5. The lowest BCUT2D eigenvalue weighted by Gasteiger charge is -2.30. The molecule has 3 aromatic rings. The Morgan fingerprint density at radius 2 is 1.08 bits per heavy atom. The molecule has 0 aromatic heterocycles. The van der Waals surface area contributed by atoms with Crippen molar-refractivity contribution in [3.8, 4) is 40.2 Å². The molecular weight excluding hydrogens is 476 g/mol. The Balaban J connectivity index is 2.21. The van der Waals surface area contributed by atoms with Gasteiger partial charge in [-0.3, -0.25) is 0 Å². The largest absolute Gasteiger partial charge is 0.497 e. The fourth-order valence-corrected chi connectivity index (χ4v) is 4.53. The minimum Gasteiger partial charge on any atom is -0.497 e. The van der Waals surface area contributed by atoms with Crippen LogP contribution in [0.3, 0.4) is 0 Å². The third kappa shape index (κ3) is 5.97. The SMILES string of the molecule is COc1ccc(C(c2ccc(OC)c(OC)c2)C(Cc2c(OC)cc(OC)cc2OC)OC)c(OC)c1. The van der Waals surface area contributed by atoms with E-state index in [2.05, 4.69) is 0 Å². The molecule has 0 radical (unpaired) electrons. The minimum absolute atomic E-state index is 0.262. The van der Waals surface area contributed by atoms with Crippen LogP contribution in [0.15, 0.2) is 48.5 Å². The molecule has 3 rings (SSSR count). The molecule has 0 N–H and O–H groups in total. The molecule has 0 aliphatic heterocycles. The molecule has 0 bridgehead atoms. The highest BCUT2D eigenvalue weighted by Crippen LogP contribution is 2.43. The smallest absolute Gasteiger partial charge is 0.161 e. The van der Waals surface area contributed by atoms with Crippen molar-refractivity contribution in [2.75, 3.05) is 56.9 Å². The molecule has 200 valence electrons. The van der Waals surface area contributed by atoms with E-state index in [-0.39, 0.29) is 12.0 Å². The number of rotatable bonds is 13. The first-order valence-electron chi connectivity index (χ1n) is 11.7. The lowest BCUT2D eigenvalue weighted by Crippen LogP contribution is -2.26. The molecule has 0 heterocycles. The Bertz CT molecular complexity index is 1150. The van der Waals surface area contributed by atoms with E-state index in [0.29, 0.717) is 46.7 Å². The van der Waals surface area contributed by atoms with Gasteiger partial charge in [-0.1, -0.05) is 12.1 Å². The zero-order chi connectivity index (χ0) is 26.9. The minimum atomic E-state index is -0.350. The van der Waals surface area contributed by atoms with Crippen LogP contribution in [0.1, 0.15) is 22.6 Å². The maximum absolute atomic E-state index is 6.17. The highest BCUT2D eigenvalue weighted by Gasteiger charge is 2.31. The molecule has 2 atom stereocenters. The van der Waals surface area contributed by atoms with Gasteiger partial charge in [0.1, 0.15) is 28.7 Å². The van der Waals surface area contributed by atoms with Crippen LogP contribution in [0.25, 0.3) is 0 Å². The molecule has 2 unspecified atom stereocenters. The van der Waals surface area contributed by atoms with Crippen LogP contribution in [0.5, 0.6) is 40.2 Å². The van der Waals surface area contributed by atoms with Crippen molar-refractivity contribution in [3.63, 3.8) is 0 Å². The van der Waals surface area contributed by atoms with Crippen LogP contribution in [0.4, 0.5) is 0 Å². The zero-order valence-corrected chi connectivity index (χ0v) is 22.7. The molecule has 0 fully saturated rings. The van der Waals surface area contributed by atoms with Gasteiger partial charge in [0.25, 0.3) is 0 Å². The van der Waals surface area contributed by atoms with E-state index in [1.807, 2.05) is 48.5 Å². The van der Waals surface area contributed by atoms with Crippen molar-refractivity contribution in [1.82, 2.24) is 0 Å². The van der Waals surface area contributed by atoms with Gasteiger partial charge in [0.15, 0.2) is 11.5 Å². The summed E-state index contributed by atoms with van der Waals surface area (Å²) in [4.78, 5) is 0. The second kappa shape index (κ2) is 13.0. The van der Waals surface area contributed by atoms with Gasteiger partial charge in [0.05, 0.1) is 55.9 Å². The third-order valence-electron chi connectivity index (χ3n) is 6.44. The number of hydrogen-bond acceptors (Lipinski definition) is 8. The van der Waals surface area contributed by atoms with Crippen LogP contribution < -0.4 is 33.2 Å². The van der Waals surface area contributed by atoms with Crippen LogP contribution in [0, 0.1) is 0 Å². The maximum atomic E-state index is 6.17. The van der Waals surface area contributed by atoms with Crippen molar-refractivity contribution in [1.29, 1.82) is 0 Å². The Morgan fingerprint density at radius 1 is 0.514 bits per heavy atom. The molecule has 0 aliphatic carbocycles. The van der Waals surface area contributed by atoms with Crippen molar-refractivity contribution in [3.05, 3.63) is 65.2 Å². The van der Waals surface area contributed by atoms with Crippen molar-refractivity contribution < 1.29 is 37.9 Å². The zero-order valence-electron chi connectivity index (χ0n) is 22.7. The molecule has 8 nitrogen and oxygen atoms in total. The quantitative estimate of drug-likeness (QED) is 0.312. The van der Waals surface area contributed by atoms with Gasteiger partial charge < -0.3 is 37.9 Å². The van der Waals surface area contributed by atoms with Crippen molar-refractivity contribution >= 4 is 0 Å². The van der Waals surface area contributed by atoms with E-state index in [4.69, 9.17) is 37.9 Å². The summed E-state index contributed by atoms with van der Waals surface area (Å²) in [6.45, 7) is 0. The molecular formula is C29H36O8. The van der Waals surface area contributed by atoms with Gasteiger partial charge in [-0.25, -0.2) is 0 Å². The first-order chi connectivity index (χ1) is 18.0. The third-order valence-corrected chi connectivity index (χ3v) is 6.44. The first-order valence-corrected chi connectivity index (χ1v) is 11.7.